The molecule has 224 valence electrons. The van der Waals surface area contributed by atoms with Crippen molar-refractivity contribution in [2.75, 3.05) is 4.90 Å². The second-order valence-electron chi connectivity index (χ2n) is 12.5. The summed E-state index contributed by atoms with van der Waals surface area (Å²) in [5.41, 5.74) is 14.6. The van der Waals surface area contributed by atoms with Crippen molar-refractivity contribution in [3.63, 3.8) is 0 Å². The average Bonchev–Trinajstić information content (AvgIpc) is 3.45. The first-order valence-electron chi connectivity index (χ1n) is 16.1. The predicted octanol–water partition coefficient (Wildman–Crippen LogP) is 10.4. The third kappa shape index (κ3) is 4.01. The second-order valence-corrected chi connectivity index (χ2v) is 12.5. The maximum absolute atomic E-state index is 4.82. The summed E-state index contributed by atoms with van der Waals surface area (Å²) in [5.74, 6) is 0. The highest BCUT2D eigenvalue weighted by Gasteiger charge is 2.46. The average molecular weight is 605 g/mol. The van der Waals surface area contributed by atoms with Gasteiger partial charge < -0.3 is 9.47 Å². The summed E-state index contributed by atoms with van der Waals surface area (Å²) in [5, 5.41) is 1.11. The summed E-state index contributed by atoms with van der Waals surface area (Å²) < 4.78 is 2.28. The highest BCUT2D eigenvalue weighted by atomic mass is 15.2. The highest BCUT2D eigenvalue weighted by molar-refractivity contribution is 6.08. The van der Waals surface area contributed by atoms with Crippen LogP contribution in [0.25, 0.3) is 27.6 Å². The van der Waals surface area contributed by atoms with Crippen LogP contribution in [0.1, 0.15) is 33.4 Å². The van der Waals surface area contributed by atoms with Crippen LogP contribution in [0, 0.1) is 13.8 Å². The van der Waals surface area contributed by atoms with Crippen LogP contribution >= 0.6 is 0 Å². The Labute approximate surface area is 274 Å². The van der Waals surface area contributed by atoms with E-state index < -0.39 is 5.41 Å². The molecule has 8 aromatic rings. The Morgan fingerprint density at radius 1 is 0.532 bits per heavy atom. The topological polar surface area (TPSA) is 34.0 Å². The Hall–Kier alpha value is -6.00. The third-order valence-electron chi connectivity index (χ3n) is 9.67. The number of aryl methyl sites for hydroxylation is 2. The first-order valence-corrected chi connectivity index (χ1v) is 16.1. The van der Waals surface area contributed by atoms with Crippen molar-refractivity contribution >= 4 is 39.0 Å². The quantitative estimate of drug-likeness (QED) is 0.200. The SMILES string of the molecule is Cc1ccc2c(c1)C(c1ccccc1)(c1ccccc1)c1cc(C)ccc1N2c1ccc2c3ncccc3n(-c3cccnc3)c2c1. The van der Waals surface area contributed by atoms with E-state index in [-0.39, 0.29) is 0 Å². The zero-order chi connectivity index (χ0) is 31.5. The Bertz CT molecular complexity index is 2330. The van der Waals surface area contributed by atoms with Gasteiger partial charge in [-0.25, -0.2) is 0 Å². The predicted molar refractivity (Wildman–Crippen MR) is 192 cm³/mol. The van der Waals surface area contributed by atoms with Gasteiger partial charge in [0, 0.05) is 23.5 Å². The summed E-state index contributed by atoms with van der Waals surface area (Å²) in [6, 6.07) is 50.9. The smallest absolute Gasteiger partial charge is 0.0963 e. The van der Waals surface area contributed by atoms with Gasteiger partial charge in [0.25, 0.3) is 0 Å². The number of hydrogen-bond donors (Lipinski definition) is 0. The van der Waals surface area contributed by atoms with Crippen LogP contribution in [0.2, 0.25) is 0 Å². The van der Waals surface area contributed by atoms with Gasteiger partial charge in [0.05, 0.1) is 45.2 Å². The number of pyridine rings is 2. The van der Waals surface area contributed by atoms with Gasteiger partial charge in [-0.3, -0.25) is 9.97 Å². The fourth-order valence-corrected chi connectivity index (χ4v) is 7.73. The Morgan fingerprint density at radius 3 is 1.79 bits per heavy atom. The lowest BCUT2D eigenvalue weighted by molar-refractivity contribution is 0.729. The van der Waals surface area contributed by atoms with E-state index in [0.717, 1.165) is 33.3 Å². The Kier molecular flexibility index (Phi) is 6.12. The van der Waals surface area contributed by atoms with Crippen molar-refractivity contribution < 1.29 is 0 Å². The van der Waals surface area contributed by atoms with Gasteiger partial charge in [-0.2, -0.15) is 0 Å². The molecule has 5 aromatic carbocycles. The first-order chi connectivity index (χ1) is 23.1. The maximum Gasteiger partial charge on any atom is 0.0963 e. The molecule has 47 heavy (non-hydrogen) atoms. The number of aromatic nitrogens is 3. The molecule has 1 aliphatic rings. The molecule has 0 radical (unpaired) electrons. The van der Waals surface area contributed by atoms with Crippen LogP contribution in [-0.4, -0.2) is 14.5 Å². The van der Waals surface area contributed by atoms with Crippen LogP contribution in [-0.2, 0) is 5.41 Å². The van der Waals surface area contributed by atoms with E-state index in [1.165, 1.54) is 44.8 Å². The molecule has 0 aliphatic carbocycles. The minimum absolute atomic E-state index is 0.514. The number of hydrogen-bond acceptors (Lipinski definition) is 3. The molecule has 0 N–H and O–H groups in total. The summed E-state index contributed by atoms with van der Waals surface area (Å²) in [4.78, 5) is 11.7. The molecule has 4 heterocycles. The van der Waals surface area contributed by atoms with Crippen molar-refractivity contribution in [1.29, 1.82) is 0 Å². The van der Waals surface area contributed by atoms with E-state index in [1.807, 2.05) is 30.7 Å². The van der Waals surface area contributed by atoms with E-state index >= 15 is 0 Å². The zero-order valence-corrected chi connectivity index (χ0v) is 26.3. The van der Waals surface area contributed by atoms with Crippen LogP contribution in [0.4, 0.5) is 17.1 Å². The van der Waals surface area contributed by atoms with Gasteiger partial charge in [-0.15, -0.1) is 0 Å². The Morgan fingerprint density at radius 2 is 1.17 bits per heavy atom. The molecule has 0 saturated heterocycles. The van der Waals surface area contributed by atoms with Gasteiger partial charge in [-0.1, -0.05) is 96.1 Å². The van der Waals surface area contributed by atoms with Crippen molar-refractivity contribution in [1.82, 2.24) is 14.5 Å². The molecular weight excluding hydrogens is 573 g/mol. The van der Waals surface area contributed by atoms with Crippen LogP contribution < -0.4 is 4.90 Å². The van der Waals surface area contributed by atoms with Crippen LogP contribution in [0.5, 0.6) is 0 Å². The van der Waals surface area contributed by atoms with Gasteiger partial charge in [0.15, 0.2) is 0 Å². The molecule has 9 rings (SSSR count). The zero-order valence-electron chi connectivity index (χ0n) is 26.3. The van der Waals surface area contributed by atoms with Crippen molar-refractivity contribution in [2.24, 2.45) is 0 Å². The van der Waals surface area contributed by atoms with Gasteiger partial charge in [0.2, 0.25) is 0 Å². The molecule has 0 saturated carbocycles. The monoisotopic (exact) mass is 604 g/mol. The summed E-state index contributed by atoms with van der Waals surface area (Å²) in [6.07, 6.45) is 5.61. The summed E-state index contributed by atoms with van der Waals surface area (Å²) >= 11 is 0. The van der Waals surface area contributed by atoms with Crippen molar-refractivity contribution in [3.8, 4) is 5.69 Å². The Balaban J connectivity index is 1.39. The normalized spacial score (nSPS) is 13.4. The minimum atomic E-state index is -0.514. The molecule has 0 bridgehead atoms. The van der Waals surface area contributed by atoms with E-state index in [0.29, 0.717) is 0 Å². The van der Waals surface area contributed by atoms with Gasteiger partial charge >= 0.3 is 0 Å². The van der Waals surface area contributed by atoms with E-state index in [4.69, 9.17) is 4.98 Å². The largest absolute Gasteiger partial charge is 0.310 e. The van der Waals surface area contributed by atoms with Crippen molar-refractivity contribution in [2.45, 2.75) is 19.3 Å². The molecule has 0 unspecified atom stereocenters. The molecule has 0 fully saturated rings. The lowest BCUT2D eigenvalue weighted by atomic mass is 9.62. The van der Waals surface area contributed by atoms with Gasteiger partial charge in [-0.05, 0) is 90.7 Å². The lowest BCUT2D eigenvalue weighted by Crippen LogP contribution is -2.38. The fourth-order valence-electron chi connectivity index (χ4n) is 7.73. The number of rotatable bonds is 4. The van der Waals surface area contributed by atoms with E-state index in [9.17, 15) is 0 Å². The number of anilines is 3. The molecular formula is C43H32N4. The molecule has 0 amide bonds. The number of fused-ring (bicyclic) bond motifs is 5. The molecule has 1 aliphatic heterocycles. The number of benzene rings is 5. The maximum atomic E-state index is 4.82. The van der Waals surface area contributed by atoms with E-state index in [1.54, 1.807) is 0 Å². The van der Waals surface area contributed by atoms with Gasteiger partial charge in [0.1, 0.15) is 0 Å². The summed E-state index contributed by atoms with van der Waals surface area (Å²) in [6.45, 7) is 4.39. The molecule has 0 atom stereocenters. The first kappa shape index (κ1) is 27.3. The fraction of sp³-hybridized carbons (Fsp3) is 0.0698. The van der Waals surface area contributed by atoms with Crippen LogP contribution in [0.15, 0.2) is 158 Å². The molecule has 4 nitrogen and oxygen atoms in total. The highest BCUT2D eigenvalue weighted by Crippen LogP contribution is 2.58. The minimum Gasteiger partial charge on any atom is -0.310 e. The molecule has 0 spiro atoms. The van der Waals surface area contributed by atoms with Crippen molar-refractivity contribution in [3.05, 3.63) is 191 Å². The second kappa shape index (κ2) is 10.5. The van der Waals surface area contributed by atoms with E-state index in [2.05, 4.69) is 156 Å². The summed E-state index contributed by atoms with van der Waals surface area (Å²) in [7, 11) is 0. The third-order valence-corrected chi connectivity index (χ3v) is 9.67. The van der Waals surface area contributed by atoms with Crippen LogP contribution in [0.3, 0.4) is 0 Å². The lowest BCUT2D eigenvalue weighted by Gasteiger charge is -2.47. The molecule has 3 aromatic heterocycles. The standard InChI is InChI=1S/C43H32N4/c1-29-17-21-38-36(25-29)43(31-11-5-3-6-12-31,32-13-7-4-8-14-32)37-26-30(2)18-22-39(37)46(38)33-19-20-35-41(27-33)47(34-15-9-23-44-28-34)40-16-10-24-45-42(35)40/h3-28H,1-2H3. The number of nitrogens with zero attached hydrogens (tertiary/aromatic N) is 4. The molecule has 4 heteroatoms.